The summed E-state index contributed by atoms with van der Waals surface area (Å²) in [6.07, 6.45) is 0.189. The molecule has 1 aromatic heterocycles. The molecule has 0 spiro atoms. The molecule has 0 unspecified atom stereocenters. The first-order valence-corrected chi connectivity index (χ1v) is 9.23. The first kappa shape index (κ1) is 19.8. The zero-order chi connectivity index (χ0) is 19.3. The molecule has 140 valence electrons. The van der Waals surface area contributed by atoms with Crippen molar-refractivity contribution in [3.05, 3.63) is 41.2 Å². The Morgan fingerprint density at radius 1 is 1.12 bits per heavy atom. The highest BCUT2D eigenvalue weighted by atomic mass is 32.1. The first-order valence-electron chi connectivity index (χ1n) is 8.35. The summed E-state index contributed by atoms with van der Waals surface area (Å²) in [4.78, 5) is 30.5. The normalized spacial score (nSPS) is 10.9. The van der Waals surface area contributed by atoms with Crippen molar-refractivity contribution in [3.63, 3.8) is 0 Å². The second-order valence-corrected chi connectivity index (χ2v) is 7.25. The number of urea groups is 1. The molecule has 2 rings (SSSR count). The van der Waals surface area contributed by atoms with Crippen LogP contribution in [-0.2, 0) is 11.2 Å². The van der Waals surface area contributed by atoms with Crippen LogP contribution in [0.15, 0.2) is 29.6 Å². The summed E-state index contributed by atoms with van der Waals surface area (Å²) in [5, 5.41) is 7.35. The molecule has 0 radical (unpaired) electrons. The minimum Gasteiger partial charge on any atom is -0.338 e. The van der Waals surface area contributed by atoms with Gasteiger partial charge in [0.25, 0.3) is 0 Å². The monoisotopic (exact) mass is 378 g/mol. The molecule has 1 heterocycles. The molecule has 0 aliphatic rings. The van der Waals surface area contributed by atoms with Crippen LogP contribution in [0.2, 0.25) is 0 Å². The van der Waals surface area contributed by atoms with Gasteiger partial charge in [-0.2, -0.15) is 0 Å². The highest BCUT2D eigenvalue weighted by Crippen LogP contribution is 2.18. The minimum absolute atomic E-state index is 0.00242. The van der Waals surface area contributed by atoms with Gasteiger partial charge in [-0.1, -0.05) is 0 Å². The second kappa shape index (κ2) is 8.75. The van der Waals surface area contributed by atoms with Crippen LogP contribution in [0, 0.1) is 5.82 Å². The molecule has 0 saturated heterocycles. The number of carbonyl (C=O) groups is 2. The van der Waals surface area contributed by atoms with E-state index in [1.54, 1.807) is 5.38 Å². The van der Waals surface area contributed by atoms with Gasteiger partial charge in [0.15, 0.2) is 5.13 Å². The fourth-order valence-corrected chi connectivity index (χ4v) is 3.36. The number of hydrogen-bond acceptors (Lipinski definition) is 4. The molecule has 3 amide bonds. The molecule has 0 atom stereocenters. The van der Waals surface area contributed by atoms with Crippen molar-refractivity contribution in [1.29, 1.82) is 0 Å². The van der Waals surface area contributed by atoms with Crippen molar-refractivity contribution in [2.75, 3.05) is 10.6 Å². The van der Waals surface area contributed by atoms with Crippen molar-refractivity contribution in [2.24, 2.45) is 0 Å². The maximum absolute atomic E-state index is 12.9. The van der Waals surface area contributed by atoms with E-state index in [-0.39, 0.29) is 30.2 Å². The maximum Gasteiger partial charge on any atom is 0.325 e. The Bertz CT molecular complexity index is 751. The first-order chi connectivity index (χ1) is 12.3. The molecule has 0 bridgehead atoms. The Kier molecular flexibility index (Phi) is 6.68. The van der Waals surface area contributed by atoms with E-state index in [0.717, 1.165) is 0 Å². The van der Waals surface area contributed by atoms with Crippen LogP contribution in [0.3, 0.4) is 0 Å². The summed E-state index contributed by atoms with van der Waals surface area (Å²) in [6.45, 7) is 7.91. The standard InChI is InChI=1S/C18H23FN4O2S/c1-11(2)23(12(3)4)16(24)9-15-10-26-18(21-15)22-17(25)20-14-7-5-13(19)6-8-14/h5-8,10-12H,9H2,1-4H3,(H2,20,21,22,25). The lowest BCUT2D eigenvalue weighted by Gasteiger charge is -2.30. The van der Waals surface area contributed by atoms with E-state index in [0.29, 0.717) is 16.5 Å². The van der Waals surface area contributed by atoms with E-state index in [1.165, 1.54) is 35.6 Å². The van der Waals surface area contributed by atoms with Gasteiger partial charge in [0.05, 0.1) is 12.1 Å². The zero-order valence-corrected chi connectivity index (χ0v) is 16.1. The number of anilines is 2. The van der Waals surface area contributed by atoms with Crippen LogP contribution in [0.1, 0.15) is 33.4 Å². The molecule has 0 aliphatic heterocycles. The van der Waals surface area contributed by atoms with E-state index in [2.05, 4.69) is 15.6 Å². The SMILES string of the molecule is CC(C)N(C(=O)Cc1csc(NC(=O)Nc2ccc(F)cc2)n1)C(C)C. The largest absolute Gasteiger partial charge is 0.338 e. The summed E-state index contributed by atoms with van der Waals surface area (Å²) < 4.78 is 12.9. The van der Waals surface area contributed by atoms with Crippen LogP contribution < -0.4 is 10.6 Å². The molecule has 0 aliphatic carbocycles. The van der Waals surface area contributed by atoms with Gasteiger partial charge in [0.2, 0.25) is 5.91 Å². The smallest absolute Gasteiger partial charge is 0.325 e. The molecule has 6 nitrogen and oxygen atoms in total. The van der Waals surface area contributed by atoms with E-state index in [4.69, 9.17) is 0 Å². The number of aromatic nitrogens is 1. The molecular weight excluding hydrogens is 355 g/mol. The van der Waals surface area contributed by atoms with E-state index in [1.807, 2.05) is 32.6 Å². The topological polar surface area (TPSA) is 74.3 Å². The molecule has 8 heteroatoms. The average molecular weight is 378 g/mol. The lowest BCUT2D eigenvalue weighted by Crippen LogP contribution is -2.42. The summed E-state index contributed by atoms with van der Waals surface area (Å²) in [5.74, 6) is -0.371. The third-order valence-electron chi connectivity index (χ3n) is 3.61. The number of benzene rings is 1. The Balaban J connectivity index is 1.93. The Labute approximate surface area is 156 Å². The van der Waals surface area contributed by atoms with Gasteiger partial charge in [-0.05, 0) is 52.0 Å². The minimum atomic E-state index is -0.477. The van der Waals surface area contributed by atoms with Crippen LogP contribution in [0.4, 0.5) is 20.0 Å². The molecule has 2 N–H and O–H groups in total. The Morgan fingerprint density at radius 2 is 1.73 bits per heavy atom. The summed E-state index contributed by atoms with van der Waals surface area (Å²) >= 11 is 1.25. The average Bonchev–Trinajstić information content (AvgIpc) is 2.95. The van der Waals surface area contributed by atoms with Gasteiger partial charge in [-0.15, -0.1) is 11.3 Å². The number of carbonyl (C=O) groups excluding carboxylic acids is 2. The van der Waals surface area contributed by atoms with Crippen LogP contribution in [0.5, 0.6) is 0 Å². The highest BCUT2D eigenvalue weighted by Gasteiger charge is 2.21. The highest BCUT2D eigenvalue weighted by molar-refractivity contribution is 7.14. The molecule has 1 aromatic carbocycles. The van der Waals surface area contributed by atoms with Crippen molar-refractivity contribution in [1.82, 2.24) is 9.88 Å². The van der Waals surface area contributed by atoms with Gasteiger partial charge < -0.3 is 10.2 Å². The van der Waals surface area contributed by atoms with Gasteiger partial charge >= 0.3 is 6.03 Å². The number of thiazole rings is 1. The summed E-state index contributed by atoms with van der Waals surface area (Å²) in [5.41, 5.74) is 1.09. The van der Waals surface area contributed by atoms with Gasteiger partial charge in [-0.3, -0.25) is 10.1 Å². The van der Waals surface area contributed by atoms with Gasteiger partial charge in [0, 0.05) is 23.2 Å². The molecule has 2 aromatic rings. The number of rotatable bonds is 6. The van der Waals surface area contributed by atoms with Gasteiger partial charge in [0.1, 0.15) is 5.82 Å². The van der Waals surface area contributed by atoms with Crippen LogP contribution in [0.25, 0.3) is 0 Å². The second-order valence-electron chi connectivity index (χ2n) is 6.40. The van der Waals surface area contributed by atoms with Gasteiger partial charge in [-0.25, -0.2) is 14.2 Å². The predicted molar refractivity (Wildman–Crippen MR) is 102 cm³/mol. The number of nitrogens with one attached hydrogen (secondary N) is 2. The summed E-state index contributed by atoms with van der Waals surface area (Å²) in [6, 6.07) is 5.20. The van der Waals surface area contributed by atoms with Crippen molar-refractivity contribution < 1.29 is 14.0 Å². The maximum atomic E-state index is 12.9. The molecular formula is C18H23FN4O2S. The lowest BCUT2D eigenvalue weighted by molar-refractivity contribution is -0.134. The van der Waals surface area contributed by atoms with Crippen LogP contribution in [-0.4, -0.2) is 33.9 Å². The van der Waals surface area contributed by atoms with Crippen molar-refractivity contribution in [2.45, 2.75) is 46.2 Å². The molecule has 0 saturated carbocycles. The Morgan fingerprint density at radius 3 is 2.31 bits per heavy atom. The van der Waals surface area contributed by atoms with Crippen molar-refractivity contribution in [3.8, 4) is 0 Å². The van der Waals surface area contributed by atoms with E-state index in [9.17, 15) is 14.0 Å². The number of hydrogen-bond donors (Lipinski definition) is 2. The van der Waals surface area contributed by atoms with Crippen molar-refractivity contribution >= 4 is 34.1 Å². The zero-order valence-electron chi connectivity index (χ0n) is 15.2. The molecule has 26 heavy (non-hydrogen) atoms. The predicted octanol–water partition coefficient (Wildman–Crippen LogP) is 4.11. The quantitative estimate of drug-likeness (QED) is 0.794. The Hall–Kier alpha value is -2.48. The lowest BCUT2D eigenvalue weighted by atomic mass is 10.2. The van der Waals surface area contributed by atoms with E-state index >= 15 is 0 Å². The third kappa shape index (κ3) is 5.52. The number of nitrogens with zero attached hydrogens (tertiary/aromatic N) is 2. The third-order valence-corrected chi connectivity index (χ3v) is 4.41. The number of amides is 3. The fraction of sp³-hybridized carbons (Fsp3) is 0.389. The molecule has 0 fully saturated rings. The van der Waals surface area contributed by atoms with E-state index < -0.39 is 6.03 Å². The fourth-order valence-electron chi connectivity index (χ4n) is 2.66. The van der Waals surface area contributed by atoms with Crippen LogP contribution >= 0.6 is 11.3 Å². The number of halogens is 1. The summed E-state index contributed by atoms with van der Waals surface area (Å²) in [7, 11) is 0.